The Hall–Kier alpha value is -3.28. The molecule has 0 bridgehead atoms. The minimum Gasteiger partial charge on any atom is -0.496 e. The Balaban J connectivity index is 1.33. The standard InChI is InChI=1S/C25H27FN4O5S/c1-35-23-3-2-16(26)10-20(23)19-4-7-27-25-21(19)13-22(29-25)15-5-8-30(9-6-15)36(33,34)14-24(32)28-17-11-18(31)12-17/h2-5,7,10,13,17-18,31H,6,8-9,11-12,14H2,1H3,(H,27,29)(H,28,32). The van der Waals surface area contributed by atoms with E-state index in [9.17, 15) is 22.7 Å². The molecule has 3 N–H and O–H groups in total. The van der Waals surface area contributed by atoms with Crippen LogP contribution >= 0.6 is 0 Å². The number of aliphatic hydroxyl groups excluding tert-OH is 1. The van der Waals surface area contributed by atoms with Crippen molar-refractivity contribution in [3.63, 3.8) is 0 Å². The molecule has 2 aromatic heterocycles. The maximum absolute atomic E-state index is 14.0. The van der Waals surface area contributed by atoms with Gasteiger partial charge < -0.3 is 20.1 Å². The van der Waals surface area contributed by atoms with Gasteiger partial charge in [0, 0.05) is 42.0 Å². The second-order valence-corrected chi connectivity index (χ2v) is 11.1. The summed E-state index contributed by atoms with van der Waals surface area (Å²) >= 11 is 0. The van der Waals surface area contributed by atoms with Gasteiger partial charge in [-0.15, -0.1) is 0 Å². The number of aromatic amines is 1. The first-order valence-electron chi connectivity index (χ1n) is 11.7. The highest BCUT2D eigenvalue weighted by molar-refractivity contribution is 7.89. The Bertz CT molecular complexity index is 1450. The SMILES string of the molecule is COc1ccc(F)cc1-c1ccnc2[nH]c(C3=CCN(S(=O)(=O)CC(=O)NC4CC(O)C4)CC3)cc12. The van der Waals surface area contributed by atoms with E-state index in [-0.39, 0.29) is 24.9 Å². The van der Waals surface area contributed by atoms with Gasteiger partial charge in [-0.25, -0.2) is 17.8 Å². The van der Waals surface area contributed by atoms with Crippen molar-refractivity contribution in [3.05, 3.63) is 54.1 Å². The number of rotatable bonds is 7. The number of carbonyl (C=O) groups is 1. The van der Waals surface area contributed by atoms with E-state index in [1.165, 1.54) is 23.5 Å². The van der Waals surface area contributed by atoms with Gasteiger partial charge in [0.25, 0.3) is 0 Å². The molecule has 5 rings (SSSR count). The summed E-state index contributed by atoms with van der Waals surface area (Å²) in [7, 11) is -2.23. The lowest BCUT2D eigenvalue weighted by molar-refractivity contribution is -0.120. The maximum atomic E-state index is 14.0. The fourth-order valence-corrected chi connectivity index (χ4v) is 5.97. The van der Waals surface area contributed by atoms with Crippen molar-refractivity contribution in [1.29, 1.82) is 0 Å². The second kappa shape index (κ2) is 9.64. The molecule has 190 valence electrons. The van der Waals surface area contributed by atoms with E-state index in [4.69, 9.17) is 4.74 Å². The lowest BCUT2D eigenvalue weighted by Gasteiger charge is -2.32. The van der Waals surface area contributed by atoms with E-state index in [0.717, 1.165) is 22.2 Å². The molecule has 1 amide bonds. The summed E-state index contributed by atoms with van der Waals surface area (Å²) in [6.07, 6.45) is 4.41. The van der Waals surface area contributed by atoms with Crippen LogP contribution in [0.5, 0.6) is 5.75 Å². The van der Waals surface area contributed by atoms with E-state index < -0.39 is 27.8 Å². The highest BCUT2D eigenvalue weighted by atomic mass is 32.2. The number of carbonyl (C=O) groups excluding carboxylic acids is 1. The van der Waals surface area contributed by atoms with Crippen molar-refractivity contribution in [3.8, 4) is 16.9 Å². The number of aromatic nitrogens is 2. The summed E-state index contributed by atoms with van der Waals surface area (Å²) in [6, 6.07) is 7.92. The summed E-state index contributed by atoms with van der Waals surface area (Å²) in [5.41, 5.74) is 3.75. The zero-order valence-corrected chi connectivity index (χ0v) is 20.5. The van der Waals surface area contributed by atoms with E-state index in [1.807, 2.05) is 12.1 Å². The van der Waals surface area contributed by atoms with Crippen molar-refractivity contribution in [2.24, 2.45) is 0 Å². The molecule has 0 unspecified atom stereocenters. The Morgan fingerprint density at radius 1 is 1.28 bits per heavy atom. The Labute approximate surface area is 208 Å². The number of H-pyrrole nitrogens is 1. The Morgan fingerprint density at radius 3 is 2.78 bits per heavy atom. The van der Waals surface area contributed by atoms with Crippen LogP contribution < -0.4 is 10.1 Å². The number of methoxy groups -OCH3 is 1. The number of hydrogen-bond donors (Lipinski definition) is 3. The number of fused-ring (bicyclic) bond motifs is 1. The predicted octanol–water partition coefficient (Wildman–Crippen LogP) is 2.44. The van der Waals surface area contributed by atoms with Crippen LogP contribution in [-0.4, -0.2) is 71.8 Å². The number of benzene rings is 1. The quantitative estimate of drug-likeness (QED) is 0.445. The normalized spacial score (nSPS) is 20.6. The Morgan fingerprint density at radius 2 is 2.08 bits per heavy atom. The van der Waals surface area contributed by atoms with Gasteiger partial charge in [0.05, 0.1) is 13.2 Å². The molecule has 3 aromatic rings. The topological polar surface area (TPSA) is 125 Å². The fourth-order valence-electron chi connectivity index (χ4n) is 4.71. The molecule has 1 saturated carbocycles. The molecule has 11 heteroatoms. The summed E-state index contributed by atoms with van der Waals surface area (Å²) in [5.74, 6) is -0.995. The van der Waals surface area contributed by atoms with Crippen LogP contribution in [0, 0.1) is 5.82 Å². The van der Waals surface area contributed by atoms with Crippen LogP contribution in [0.4, 0.5) is 4.39 Å². The average molecular weight is 515 g/mol. The highest BCUT2D eigenvalue weighted by Gasteiger charge is 2.32. The molecule has 0 radical (unpaired) electrons. The highest BCUT2D eigenvalue weighted by Crippen LogP contribution is 2.36. The van der Waals surface area contributed by atoms with Crippen molar-refractivity contribution >= 4 is 32.5 Å². The van der Waals surface area contributed by atoms with E-state index in [2.05, 4.69) is 15.3 Å². The van der Waals surface area contributed by atoms with Gasteiger partial charge in [0.1, 0.15) is 23.0 Å². The number of sulfonamides is 1. The number of ether oxygens (including phenoxy) is 1. The number of hydrogen-bond acceptors (Lipinski definition) is 6. The lowest BCUT2D eigenvalue weighted by atomic mass is 9.89. The maximum Gasteiger partial charge on any atom is 0.236 e. The largest absolute Gasteiger partial charge is 0.496 e. The van der Waals surface area contributed by atoms with Gasteiger partial charge in [-0.3, -0.25) is 4.79 Å². The molecule has 2 aliphatic rings. The molecule has 36 heavy (non-hydrogen) atoms. The van der Waals surface area contributed by atoms with Gasteiger partial charge in [0.2, 0.25) is 15.9 Å². The minimum absolute atomic E-state index is 0.153. The zero-order chi connectivity index (χ0) is 25.4. The minimum atomic E-state index is -3.77. The molecule has 1 aliphatic heterocycles. The molecular weight excluding hydrogens is 487 g/mol. The number of halogens is 1. The van der Waals surface area contributed by atoms with Gasteiger partial charge in [-0.1, -0.05) is 6.08 Å². The first-order valence-corrected chi connectivity index (χ1v) is 13.3. The number of pyridine rings is 1. The monoisotopic (exact) mass is 514 g/mol. The van der Waals surface area contributed by atoms with Gasteiger partial charge >= 0.3 is 0 Å². The summed E-state index contributed by atoms with van der Waals surface area (Å²) in [6.45, 7) is 0.400. The number of aliphatic hydroxyl groups is 1. The van der Waals surface area contributed by atoms with Crippen molar-refractivity contribution < 1.29 is 27.4 Å². The molecule has 1 aromatic carbocycles. The van der Waals surface area contributed by atoms with Crippen LogP contribution in [0.3, 0.4) is 0 Å². The van der Waals surface area contributed by atoms with Crippen LogP contribution in [0.15, 0.2) is 42.6 Å². The van der Waals surface area contributed by atoms with Gasteiger partial charge in [0.15, 0.2) is 0 Å². The summed E-state index contributed by atoms with van der Waals surface area (Å²) in [5, 5.41) is 12.8. The summed E-state index contributed by atoms with van der Waals surface area (Å²) < 4.78 is 46.2. The molecule has 3 heterocycles. The van der Waals surface area contributed by atoms with Crippen molar-refractivity contribution in [2.45, 2.75) is 31.4 Å². The molecule has 0 atom stereocenters. The second-order valence-electron chi connectivity index (χ2n) is 9.13. The molecule has 0 spiro atoms. The fraction of sp³-hybridized carbons (Fsp3) is 0.360. The smallest absolute Gasteiger partial charge is 0.236 e. The third kappa shape index (κ3) is 4.86. The first-order chi connectivity index (χ1) is 17.2. The number of amides is 1. The molecule has 1 aliphatic carbocycles. The predicted molar refractivity (Wildman–Crippen MR) is 133 cm³/mol. The summed E-state index contributed by atoms with van der Waals surface area (Å²) in [4.78, 5) is 19.8. The van der Waals surface area contributed by atoms with E-state index >= 15 is 0 Å². The van der Waals surface area contributed by atoms with Crippen LogP contribution in [-0.2, 0) is 14.8 Å². The molecule has 0 saturated heterocycles. The molecular formula is C25H27FN4O5S. The zero-order valence-electron chi connectivity index (χ0n) is 19.7. The van der Waals surface area contributed by atoms with Crippen LogP contribution in [0.25, 0.3) is 27.7 Å². The first kappa shape index (κ1) is 24.4. The Kier molecular flexibility index (Phi) is 6.54. The molecule has 1 fully saturated rings. The van der Waals surface area contributed by atoms with E-state index in [1.54, 1.807) is 18.3 Å². The lowest BCUT2D eigenvalue weighted by Crippen LogP contribution is -2.49. The van der Waals surface area contributed by atoms with Gasteiger partial charge in [-0.05, 0) is 60.7 Å². The van der Waals surface area contributed by atoms with Crippen molar-refractivity contribution in [1.82, 2.24) is 19.6 Å². The number of nitrogens with one attached hydrogen (secondary N) is 2. The van der Waals surface area contributed by atoms with Crippen LogP contribution in [0.2, 0.25) is 0 Å². The van der Waals surface area contributed by atoms with Gasteiger partial charge in [-0.2, -0.15) is 4.31 Å². The van der Waals surface area contributed by atoms with Crippen molar-refractivity contribution in [2.75, 3.05) is 26.0 Å². The van der Waals surface area contributed by atoms with Crippen LogP contribution in [0.1, 0.15) is 25.0 Å². The molecule has 9 nitrogen and oxygen atoms in total. The van der Waals surface area contributed by atoms with E-state index in [0.29, 0.717) is 36.2 Å². The number of nitrogens with zero attached hydrogens (tertiary/aromatic N) is 2. The third-order valence-electron chi connectivity index (χ3n) is 6.69. The third-order valence-corrected chi connectivity index (χ3v) is 8.43. The average Bonchev–Trinajstić information content (AvgIpc) is 3.27.